The summed E-state index contributed by atoms with van der Waals surface area (Å²) in [6.07, 6.45) is 0. The third kappa shape index (κ3) is 4.47. The number of rotatable bonds is 8. The molecule has 0 bridgehead atoms. The standard InChI is InChI=1S/C29H25NO2/c1-23(28(31)32-22-24-14-6-2-7-15-24)30-29(25-16-8-3-9-17-25,26-18-10-4-11-19-26)27-20-12-5-13-21-27/h2-21,30H,1,22H2. The van der Waals surface area contributed by atoms with Crippen LogP contribution in [0.4, 0.5) is 0 Å². The molecule has 0 aliphatic carbocycles. The Morgan fingerprint density at radius 2 is 1.03 bits per heavy atom. The first-order chi connectivity index (χ1) is 15.7. The third-order valence-electron chi connectivity index (χ3n) is 5.42. The minimum absolute atomic E-state index is 0.190. The van der Waals surface area contributed by atoms with Crippen molar-refractivity contribution in [3.05, 3.63) is 156 Å². The minimum Gasteiger partial charge on any atom is -0.456 e. The van der Waals surface area contributed by atoms with Gasteiger partial charge in [-0.15, -0.1) is 0 Å². The molecule has 0 fully saturated rings. The molecule has 4 aromatic carbocycles. The Morgan fingerprint density at radius 3 is 1.44 bits per heavy atom. The van der Waals surface area contributed by atoms with E-state index in [0.29, 0.717) is 0 Å². The van der Waals surface area contributed by atoms with Gasteiger partial charge >= 0.3 is 5.97 Å². The van der Waals surface area contributed by atoms with Crippen molar-refractivity contribution in [3.8, 4) is 0 Å². The summed E-state index contributed by atoms with van der Waals surface area (Å²) in [5.41, 5.74) is 3.29. The van der Waals surface area contributed by atoms with Gasteiger partial charge in [-0.1, -0.05) is 128 Å². The van der Waals surface area contributed by atoms with Crippen molar-refractivity contribution in [3.63, 3.8) is 0 Å². The Hall–Kier alpha value is -4.11. The Bertz CT molecular complexity index is 1060. The average molecular weight is 420 g/mol. The maximum Gasteiger partial charge on any atom is 0.354 e. The van der Waals surface area contributed by atoms with Crippen molar-refractivity contribution >= 4 is 5.97 Å². The highest BCUT2D eigenvalue weighted by Crippen LogP contribution is 2.37. The lowest BCUT2D eigenvalue weighted by Gasteiger charge is -2.38. The Morgan fingerprint density at radius 1 is 0.656 bits per heavy atom. The highest BCUT2D eigenvalue weighted by molar-refractivity contribution is 5.87. The number of esters is 1. The first-order valence-electron chi connectivity index (χ1n) is 10.5. The molecular formula is C29H25NO2. The summed E-state index contributed by atoms with van der Waals surface area (Å²) in [6, 6.07) is 39.8. The highest BCUT2D eigenvalue weighted by Gasteiger charge is 2.37. The maximum atomic E-state index is 12.9. The summed E-state index contributed by atoms with van der Waals surface area (Å²) >= 11 is 0. The molecule has 4 rings (SSSR count). The first-order valence-corrected chi connectivity index (χ1v) is 10.5. The zero-order valence-corrected chi connectivity index (χ0v) is 17.8. The van der Waals surface area contributed by atoms with E-state index in [4.69, 9.17) is 4.74 Å². The maximum absolute atomic E-state index is 12.9. The quantitative estimate of drug-likeness (QED) is 0.222. The van der Waals surface area contributed by atoms with E-state index in [1.54, 1.807) is 0 Å². The van der Waals surface area contributed by atoms with Crippen molar-refractivity contribution in [2.45, 2.75) is 12.1 Å². The van der Waals surface area contributed by atoms with E-state index < -0.39 is 11.5 Å². The van der Waals surface area contributed by atoms with Crippen LogP contribution < -0.4 is 5.32 Å². The average Bonchev–Trinajstić information content (AvgIpc) is 2.88. The molecule has 0 unspecified atom stereocenters. The van der Waals surface area contributed by atoms with E-state index >= 15 is 0 Å². The Balaban J connectivity index is 1.72. The summed E-state index contributed by atoms with van der Waals surface area (Å²) in [7, 11) is 0. The lowest BCUT2D eigenvalue weighted by atomic mass is 9.77. The molecule has 0 aliphatic rings. The van der Waals surface area contributed by atoms with Crippen LogP contribution in [0.25, 0.3) is 0 Å². The van der Waals surface area contributed by atoms with Gasteiger partial charge < -0.3 is 10.1 Å². The van der Waals surface area contributed by atoms with Gasteiger partial charge in [-0.2, -0.15) is 0 Å². The zero-order valence-electron chi connectivity index (χ0n) is 17.8. The van der Waals surface area contributed by atoms with Crippen LogP contribution >= 0.6 is 0 Å². The molecule has 0 heterocycles. The SMILES string of the molecule is C=C(NC(c1ccccc1)(c1ccccc1)c1ccccc1)C(=O)OCc1ccccc1. The van der Waals surface area contributed by atoms with Gasteiger partial charge in [0.1, 0.15) is 17.8 Å². The number of benzene rings is 4. The lowest BCUT2D eigenvalue weighted by Crippen LogP contribution is -2.45. The molecule has 0 atom stereocenters. The third-order valence-corrected chi connectivity index (χ3v) is 5.42. The van der Waals surface area contributed by atoms with Crippen molar-refractivity contribution in [1.82, 2.24) is 5.32 Å². The molecule has 0 aliphatic heterocycles. The van der Waals surface area contributed by atoms with Crippen LogP contribution in [0, 0.1) is 0 Å². The predicted molar refractivity (Wildman–Crippen MR) is 128 cm³/mol. The van der Waals surface area contributed by atoms with Crippen LogP contribution in [0.3, 0.4) is 0 Å². The number of carbonyl (C=O) groups is 1. The fourth-order valence-electron chi connectivity index (χ4n) is 3.87. The topological polar surface area (TPSA) is 38.3 Å². The molecule has 0 spiro atoms. The summed E-state index contributed by atoms with van der Waals surface area (Å²) in [4.78, 5) is 12.9. The number of nitrogens with one attached hydrogen (secondary N) is 1. The number of hydrogen-bond donors (Lipinski definition) is 1. The molecule has 158 valence electrons. The summed E-state index contributed by atoms with van der Waals surface area (Å²) in [5.74, 6) is -0.485. The Kier molecular flexibility index (Phi) is 6.47. The molecule has 0 radical (unpaired) electrons. The summed E-state index contributed by atoms with van der Waals surface area (Å²) < 4.78 is 5.54. The molecule has 0 saturated carbocycles. The smallest absolute Gasteiger partial charge is 0.354 e. The molecule has 0 aromatic heterocycles. The van der Waals surface area contributed by atoms with E-state index in [2.05, 4.69) is 48.3 Å². The zero-order chi connectivity index (χ0) is 22.2. The van der Waals surface area contributed by atoms with Gasteiger partial charge in [-0.05, 0) is 22.3 Å². The highest BCUT2D eigenvalue weighted by atomic mass is 16.5. The van der Waals surface area contributed by atoms with Gasteiger partial charge in [0.2, 0.25) is 0 Å². The van der Waals surface area contributed by atoms with Crippen molar-refractivity contribution in [1.29, 1.82) is 0 Å². The van der Waals surface area contributed by atoms with E-state index in [1.807, 2.05) is 84.9 Å². The minimum atomic E-state index is -0.813. The van der Waals surface area contributed by atoms with E-state index in [0.717, 1.165) is 22.3 Å². The van der Waals surface area contributed by atoms with Gasteiger partial charge in [-0.25, -0.2) is 4.79 Å². The fourth-order valence-corrected chi connectivity index (χ4v) is 3.87. The van der Waals surface area contributed by atoms with Crippen LogP contribution in [0.5, 0.6) is 0 Å². The Labute approximate surface area is 189 Å². The molecule has 3 nitrogen and oxygen atoms in total. The van der Waals surface area contributed by atoms with Gasteiger partial charge in [0.15, 0.2) is 0 Å². The molecule has 3 heteroatoms. The molecule has 0 amide bonds. The van der Waals surface area contributed by atoms with E-state index in [-0.39, 0.29) is 12.3 Å². The van der Waals surface area contributed by atoms with Crippen molar-refractivity contribution in [2.24, 2.45) is 0 Å². The van der Waals surface area contributed by atoms with Crippen molar-refractivity contribution in [2.75, 3.05) is 0 Å². The molecule has 1 N–H and O–H groups in total. The molecule has 4 aromatic rings. The van der Waals surface area contributed by atoms with Gasteiger partial charge in [0, 0.05) is 0 Å². The van der Waals surface area contributed by atoms with Gasteiger partial charge in [0.25, 0.3) is 0 Å². The fraction of sp³-hybridized carbons (Fsp3) is 0.0690. The van der Waals surface area contributed by atoms with Gasteiger partial charge in [0.05, 0.1) is 0 Å². The largest absolute Gasteiger partial charge is 0.456 e. The van der Waals surface area contributed by atoms with Crippen LogP contribution in [0.2, 0.25) is 0 Å². The van der Waals surface area contributed by atoms with Gasteiger partial charge in [-0.3, -0.25) is 0 Å². The number of hydrogen-bond acceptors (Lipinski definition) is 3. The number of ether oxygens (including phenoxy) is 1. The van der Waals surface area contributed by atoms with Crippen LogP contribution in [-0.2, 0) is 21.7 Å². The normalized spacial score (nSPS) is 10.9. The molecule has 0 saturated heterocycles. The number of carbonyl (C=O) groups excluding carboxylic acids is 1. The van der Waals surface area contributed by atoms with Crippen LogP contribution in [-0.4, -0.2) is 5.97 Å². The van der Waals surface area contributed by atoms with Crippen molar-refractivity contribution < 1.29 is 9.53 Å². The second kappa shape index (κ2) is 9.80. The first kappa shape index (κ1) is 21.1. The monoisotopic (exact) mass is 419 g/mol. The van der Waals surface area contributed by atoms with E-state index in [1.165, 1.54) is 0 Å². The second-order valence-electron chi connectivity index (χ2n) is 7.51. The lowest BCUT2D eigenvalue weighted by molar-refractivity contribution is -0.140. The van der Waals surface area contributed by atoms with Crippen LogP contribution in [0.1, 0.15) is 22.3 Å². The summed E-state index contributed by atoms with van der Waals surface area (Å²) in [6.45, 7) is 4.23. The summed E-state index contributed by atoms with van der Waals surface area (Å²) in [5, 5.41) is 3.45. The van der Waals surface area contributed by atoms with E-state index in [9.17, 15) is 4.79 Å². The predicted octanol–water partition coefficient (Wildman–Crippen LogP) is 5.83. The molecule has 32 heavy (non-hydrogen) atoms. The molecular weight excluding hydrogens is 394 g/mol. The van der Waals surface area contributed by atoms with Crippen LogP contribution in [0.15, 0.2) is 134 Å². The second-order valence-corrected chi connectivity index (χ2v) is 7.51.